The van der Waals surface area contributed by atoms with Gasteiger partial charge in [-0.15, -0.1) is 0 Å². The molecule has 3 rings (SSSR count). The Morgan fingerprint density at radius 2 is 2.00 bits per heavy atom. The van der Waals surface area contributed by atoms with Crippen LogP contribution < -0.4 is 11.1 Å². The van der Waals surface area contributed by atoms with Crippen LogP contribution in [0.3, 0.4) is 0 Å². The molecule has 4 atom stereocenters. The van der Waals surface area contributed by atoms with Crippen LogP contribution in [0.15, 0.2) is 0 Å². The number of aromatic nitrogens is 4. The first-order valence-corrected chi connectivity index (χ1v) is 9.42. The molecule has 0 aliphatic carbocycles. The second kappa shape index (κ2) is 8.70. The van der Waals surface area contributed by atoms with Crippen molar-refractivity contribution in [3.05, 3.63) is 5.82 Å². The van der Waals surface area contributed by atoms with Crippen molar-refractivity contribution in [2.75, 3.05) is 24.2 Å². The van der Waals surface area contributed by atoms with Gasteiger partial charge in [-0.25, -0.2) is 15.0 Å². The summed E-state index contributed by atoms with van der Waals surface area (Å²) in [5, 5.41) is 33.0. The zero-order valence-electron chi connectivity index (χ0n) is 16.0. The second-order valence-corrected chi connectivity index (χ2v) is 6.57. The van der Waals surface area contributed by atoms with Crippen LogP contribution in [0.4, 0.5) is 11.8 Å². The van der Waals surface area contributed by atoms with Crippen molar-refractivity contribution in [3.63, 3.8) is 0 Å². The molecule has 0 amide bonds. The topological polar surface area (TPSA) is 152 Å². The van der Waals surface area contributed by atoms with E-state index in [1.54, 1.807) is 0 Å². The highest BCUT2D eigenvalue weighted by Crippen LogP contribution is 2.35. The molecule has 2 aromatic rings. The molecule has 1 aliphatic heterocycles. The molecular weight excluding hydrogens is 364 g/mol. The monoisotopic (exact) mass is 390 g/mol. The van der Waals surface area contributed by atoms with E-state index >= 15 is 0 Å². The number of ether oxygens (including phenoxy) is 1. The third-order valence-electron chi connectivity index (χ3n) is 4.53. The highest BCUT2D eigenvalue weighted by Gasteiger charge is 2.45. The van der Waals surface area contributed by atoms with Crippen LogP contribution in [0, 0.1) is 11.8 Å². The standard InChI is InChI=1S/C18H26N6O4/c1-3-5-6-7-8-11-21-15(19)12-16(22-11)24(18(23-12)20-4-2)17-14(27)13(26)10(9-25)28-17/h10,13-14,17,25-27H,3-6,9H2,1-2H3,(H,20,23)(H2,19,21,22). The van der Waals surface area contributed by atoms with Crippen molar-refractivity contribution in [1.29, 1.82) is 0 Å². The van der Waals surface area contributed by atoms with E-state index < -0.39 is 31.1 Å². The van der Waals surface area contributed by atoms with Crippen LogP contribution in [-0.2, 0) is 4.74 Å². The molecular formula is C18H26N6O4. The number of imidazole rings is 1. The normalized spacial score (nSPS) is 24.3. The highest BCUT2D eigenvalue weighted by atomic mass is 16.6. The van der Waals surface area contributed by atoms with Crippen LogP contribution in [0.2, 0.25) is 0 Å². The number of nitrogens with zero attached hydrogens (tertiary/aromatic N) is 4. The lowest BCUT2D eigenvalue weighted by Gasteiger charge is -2.19. The van der Waals surface area contributed by atoms with Crippen molar-refractivity contribution in [2.45, 2.75) is 57.6 Å². The fourth-order valence-corrected chi connectivity index (χ4v) is 3.07. The van der Waals surface area contributed by atoms with Gasteiger partial charge in [0.15, 0.2) is 23.2 Å². The molecule has 0 saturated carbocycles. The summed E-state index contributed by atoms with van der Waals surface area (Å²) >= 11 is 0. The van der Waals surface area contributed by atoms with Gasteiger partial charge in [0.05, 0.1) is 6.61 Å². The molecule has 6 N–H and O–H groups in total. The molecule has 10 nitrogen and oxygen atoms in total. The van der Waals surface area contributed by atoms with E-state index in [4.69, 9.17) is 10.5 Å². The molecule has 0 aromatic carbocycles. The summed E-state index contributed by atoms with van der Waals surface area (Å²) in [6.45, 7) is 4.10. The van der Waals surface area contributed by atoms with Crippen LogP contribution in [0.5, 0.6) is 0 Å². The van der Waals surface area contributed by atoms with E-state index in [2.05, 4.69) is 39.0 Å². The summed E-state index contributed by atoms with van der Waals surface area (Å²) in [4.78, 5) is 13.1. The molecule has 4 unspecified atom stereocenters. The minimum absolute atomic E-state index is 0.162. The molecule has 28 heavy (non-hydrogen) atoms. The largest absolute Gasteiger partial charge is 0.394 e. The maximum atomic E-state index is 10.5. The van der Waals surface area contributed by atoms with E-state index in [1.807, 2.05) is 6.92 Å². The third kappa shape index (κ3) is 3.74. The number of nitrogen functional groups attached to an aromatic ring is 1. The first kappa shape index (κ1) is 20.3. The highest BCUT2D eigenvalue weighted by molar-refractivity contribution is 5.84. The molecule has 1 aliphatic rings. The SMILES string of the molecule is CCCCC#Cc1nc(N)c2nc(NCC)n(C3OC(CO)C(O)C3O)c2n1. The van der Waals surface area contributed by atoms with Crippen molar-refractivity contribution >= 4 is 22.9 Å². The minimum atomic E-state index is -1.28. The van der Waals surface area contributed by atoms with E-state index in [9.17, 15) is 15.3 Å². The van der Waals surface area contributed by atoms with E-state index in [0.29, 0.717) is 23.7 Å². The minimum Gasteiger partial charge on any atom is -0.394 e. The predicted octanol–water partition coefficient (Wildman–Crippen LogP) is -0.00650. The van der Waals surface area contributed by atoms with Gasteiger partial charge in [-0.1, -0.05) is 19.3 Å². The fraction of sp³-hybridized carbons (Fsp3) is 0.611. The fourth-order valence-electron chi connectivity index (χ4n) is 3.07. The molecule has 0 spiro atoms. The first-order valence-electron chi connectivity index (χ1n) is 9.42. The molecule has 3 heterocycles. The average Bonchev–Trinajstić information content (AvgIpc) is 3.17. The predicted molar refractivity (Wildman–Crippen MR) is 103 cm³/mol. The molecule has 2 aromatic heterocycles. The van der Waals surface area contributed by atoms with Gasteiger partial charge in [0, 0.05) is 13.0 Å². The van der Waals surface area contributed by atoms with Crippen molar-refractivity contribution in [2.24, 2.45) is 0 Å². The van der Waals surface area contributed by atoms with Gasteiger partial charge in [0.2, 0.25) is 11.8 Å². The maximum absolute atomic E-state index is 10.5. The zero-order chi connectivity index (χ0) is 20.3. The van der Waals surface area contributed by atoms with Gasteiger partial charge in [-0.05, 0) is 19.3 Å². The lowest BCUT2D eigenvalue weighted by atomic mass is 10.1. The first-order chi connectivity index (χ1) is 13.5. The number of nitrogens with one attached hydrogen (secondary N) is 1. The Hall–Kier alpha value is -2.45. The van der Waals surface area contributed by atoms with E-state index in [0.717, 1.165) is 19.3 Å². The number of unbranched alkanes of at least 4 members (excludes halogenated alkanes) is 2. The summed E-state index contributed by atoms with van der Waals surface area (Å²) in [6.07, 6.45) is -1.68. The van der Waals surface area contributed by atoms with E-state index in [-0.39, 0.29) is 11.6 Å². The van der Waals surface area contributed by atoms with Crippen molar-refractivity contribution in [1.82, 2.24) is 19.5 Å². The number of aliphatic hydroxyl groups excluding tert-OH is 3. The van der Waals surface area contributed by atoms with Crippen LogP contribution in [0.1, 0.15) is 45.2 Å². The Labute approximate surface area is 162 Å². The maximum Gasteiger partial charge on any atom is 0.208 e. The second-order valence-electron chi connectivity index (χ2n) is 6.57. The number of anilines is 2. The van der Waals surface area contributed by atoms with Gasteiger partial charge in [0.1, 0.15) is 18.3 Å². The Bertz CT molecular complexity index is 890. The Morgan fingerprint density at radius 3 is 2.64 bits per heavy atom. The molecule has 1 fully saturated rings. The van der Waals surface area contributed by atoms with Gasteiger partial charge in [-0.3, -0.25) is 4.57 Å². The summed E-state index contributed by atoms with van der Waals surface area (Å²) in [7, 11) is 0. The summed E-state index contributed by atoms with van der Waals surface area (Å²) in [6, 6.07) is 0. The Morgan fingerprint density at radius 1 is 1.21 bits per heavy atom. The molecule has 10 heteroatoms. The number of hydrogen-bond acceptors (Lipinski definition) is 9. The Kier molecular flexibility index (Phi) is 6.31. The summed E-state index contributed by atoms with van der Waals surface area (Å²) in [5.74, 6) is 6.70. The molecule has 152 valence electrons. The van der Waals surface area contributed by atoms with Gasteiger partial charge < -0.3 is 31.1 Å². The quantitative estimate of drug-likeness (QED) is 0.339. The number of rotatable bonds is 6. The Balaban J connectivity index is 2.09. The van der Waals surface area contributed by atoms with Crippen LogP contribution >= 0.6 is 0 Å². The van der Waals surface area contributed by atoms with E-state index in [1.165, 1.54) is 4.57 Å². The van der Waals surface area contributed by atoms with Crippen LogP contribution in [-0.4, -0.2) is 66.3 Å². The average molecular weight is 390 g/mol. The lowest BCUT2D eigenvalue weighted by molar-refractivity contribution is -0.0501. The number of nitrogens with two attached hydrogens (primary N) is 1. The number of fused-ring (bicyclic) bond motifs is 1. The van der Waals surface area contributed by atoms with Gasteiger partial charge in [0.25, 0.3) is 0 Å². The van der Waals surface area contributed by atoms with Gasteiger partial charge >= 0.3 is 0 Å². The number of aliphatic hydroxyl groups is 3. The van der Waals surface area contributed by atoms with Crippen molar-refractivity contribution in [3.8, 4) is 11.8 Å². The lowest BCUT2D eigenvalue weighted by Crippen LogP contribution is -2.33. The van der Waals surface area contributed by atoms with Crippen LogP contribution in [0.25, 0.3) is 11.2 Å². The van der Waals surface area contributed by atoms with Gasteiger partial charge in [-0.2, -0.15) is 0 Å². The number of hydrogen-bond donors (Lipinski definition) is 5. The summed E-state index contributed by atoms with van der Waals surface area (Å²) < 4.78 is 7.19. The summed E-state index contributed by atoms with van der Waals surface area (Å²) in [5.41, 5.74) is 6.74. The molecule has 1 saturated heterocycles. The smallest absolute Gasteiger partial charge is 0.208 e. The molecule has 0 bridgehead atoms. The van der Waals surface area contributed by atoms with Crippen molar-refractivity contribution < 1.29 is 20.1 Å². The molecule has 0 radical (unpaired) electrons. The zero-order valence-corrected chi connectivity index (χ0v) is 16.0. The third-order valence-corrected chi connectivity index (χ3v) is 4.53.